The molecule has 1 aliphatic rings. The number of aliphatic hydroxyl groups is 1. The van der Waals surface area contributed by atoms with Crippen LogP contribution in [0.2, 0.25) is 5.02 Å². The summed E-state index contributed by atoms with van der Waals surface area (Å²) in [5, 5.41) is 17.3. The Morgan fingerprint density at radius 1 is 1.21 bits per heavy atom. The maximum Gasteiger partial charge on any atom is 0.417 e. The average Bonchev–Trinajstić information content (AvgIpc) is 3.16. The Hall–Kier alpha value is -3.24. The van der Waals surface area contributed by atoms with E-state index >= 15 is 0 Å². The van der Waals surface area contributed by atoms with E-state index in [2.05, 4.69) is 20.9 Å². The molecule has 1 aliphatic carbocycles. The molecule has 1 unspecified atom stereocenters. The molecule has 1 aromatic heterocycles. The molecule has 0 saturated carbocycles. The van der Waals surface area contributed by atoms with Crippen LogP contribution in [0.25, 0.3) is 10.9 Å². The fourth-order valence-electron chi connectivity index (χ4n) is 4.19. The van der Waals surface area contributed by atoms with Gasteiger partial charge < -0.3 is 26.0 Å². The van der Waals surface area contributed by atoms with Crippen molar-refractivity contribution in [1.29, 1.82) is 0 Å². The van der Waals surface area contributed by atoms with E-state index in [1.807, 2.05) is 6.07 Å². The zero-order chi connectivity index (χ0) is 24.5. The number of benzene rings is 2. The van der Waals surface area contributed by atoms with Gasteiger partial charge in [-0.25, -0.2) is 4.79 Å². The zero-order valence-corrected chi connectivity index (χ0v) is 18.6. The van der Waals surface area contributed by atoms with E-state index < -0.39 is 22.8 Å². The number of carbonyl (C=O) groups excluding carboxylic acids is 2. The van der Waals surface area contributed by atoms with Crippen molar-refractivity contribution in [2.75, 3.05) is 18.5 Å². The van der Waals surface area contributed by atoms with E-state index in [-0.39, 0.29) is 30.8 Å². The smallest absolute Gasteiger partial charge is 0.395 e. The van der Waals surface area contributed by atoms with Crippen LogP contribution in [0.5, 0.6) is 0 Å². The number of aryl methyl sites for hydroxylation is 1. The molecule has 1 atom stereocenters. The Labute approximate surface area is 197 Å². The first-order chi connectivity index (χ1) is 16.2. The number of rotatable bonds is 5. The average molecular weight is 495 g/mol. The third-order valence-electron chi connectivity index (χ3n) is 5.73. The zero-order valence-electron chi connectivity index (χ0n) is 17.9. The molecule has 5 N–H and O–H groups in total. The van der Waals surface area contributed by atoms with Gasteiger partial charge in [0.05, 0.1) is 28.3 Å². The Kier molecular flexibility index (Phi) is 6.72. The number of aliphatic hydroxyl groups excluding tert-OH is 1. The van der Waals surface area contributed by atoms with Crippen LogP contribution in [0.4, 0.5) is 23.7 Å². The van der Waals surface area contributed by atoms with Crippen molar-refractivity contribution in [2.24, 2.45) is 0 Å². The monoisotopic (exact) mass is 494 g/mol. The van der Waals surface area contributed by atoms with Crippen LogP contribution in [-0.4, -0.2) is 41.2 Å². The predicted molar refractivity (Wildman–Crippen MR) is 122 cm³/mol. The number of nitrogens with one attached hydrogen (secondary N) is 4. The number of anilines is 1. The molecule has 7 nitrogen and oxygen atoms in total. The summed E-state index contributed by atoms with van der Waals surface area (Å²) < 4.78 is 39.2. The van der Waals surface area contributed by atoms with Gasteiger partial charge >= 0.3 is 12.2 Å². The lowest BCUT2D eigenvalue weighted by Gasteiger charge is -2.24. The second kappa shape index (κ2) is 9.55. The number of hydrogen-bond acceptors (Lipinski definition) is 3. The van der Waals surface area contributed by atoms with Gasteiger partial charge in [-0.3, -0.25) is 4.79 Å². The van der Waals surface area contributed by atoms with Crippen molar-refractivity contribution in [2.45, 2.75) is 31.5 Å². The van der Waals surface area contributed by atoms with Crippen molar-refractivity contribution < 1.29 is 27.9 Å². The van der Waals surface area contributed by atoms with Gasteiger partial charge in [0.15, 0.2) is 0 Å². The third-order valence-corrected chi connectivity index (χ3v) is 6.06. The van der Waals surface area contributed by atoms with Crippen LogP contribution in [-0.2, 0) is 19.0 Å². The van der Waals surface area contributed by atoms with Crippen molar-refractivity contribution >= 4 is 40.1 Å². The fraction of sp³-hybridized carbons (Fsp3) is 0.304. The molecule has 0 radical (unpaired) electrons. The third kappa shape index (κ3) is 4.97. The summed E-state index contributed by atoms with van der Waals surface area (Å²) in [6.07, 6.45) is -2.88. The molecule has 11 heteroatoms. The van der Waals surface area contributed by atoms with Crippen LogP contribution in [0.3, 0.4) is 0 Å². The van der Waals surface area contributed by atoms with Crippen LogP contribution in [0.15, 0.2) is 36.4 Å². The van der Waals surface area contributed by atoms with E-state index in [0.717, 1.165) is 28.8 Å². The summed E-state index contributed by atoms with van der Waals surface area (Å²) in [7, 11) is 0. The first-order valence-corrected chi connectivity index (χ1v) is 11.0. The molecule has 34 heavy (non-hydrogen) atoms. The fourth-order valence-corrected chi connectivity index (χ4v) is 4.42. The highest BCUT2D eigenvalue weighted by molar-refractivity contribution is 6.31. The molecule has 1 heterocycles. The number of aromatic nitrogens is 1. The van der Waals surface area contributed by atoms with E-state index in [1.54, 1.807) is 12.1 Å². The number of urea groups is 1. The van der Waals surface area contributed by atoms with Crippen LogP contribution >= 0.6 is 11.6 Å². The molecule has 0 aliphatic heterocycles. The lowest BCUT2D eigenvalue weighted by Crippen LogP contribution is -2.41. The lowest BCUT2D eigenvalue weighted by atomic mass is 9.91. The minimum absolute atomic E-state index is 0.0173. The number of H-pyrrole nitrogens is 1. The van der Waals surface area contributed by atoms with Gasteiger partial charge in [0.1, 0.15) is 0 Å². The number of para-hydroxylation sites is 1. The maximum atomic E-state index is 13.1. The summed E-state index contributed by atoms with van der Waals surface area (Å²) in [5.74, 6) is -0.298. The van der Waals surface area contributed by atoms with E-state index in [4.69, 9.17) is 16.7 Å². The van der Waals surface area contributed by atoms with Gasteiger partial charge in [0.25, 0.3) is 5.91 Å². The van der Waals surface area contributed by atoms with Crippen LogP contribution < -0.4 is 16.0 Å². The second-order valence-electron chi connectivity index (χ2n) is 8.02. The minimum atomic E-state index is -4.63. The molecule has 3 amide bonds. The van der Waals surface area contributed by atoms with Crippen LogP contribution in [0, 0.1) is 0 Å². The minimum Gasteiger partial charge on any atom is -0.395 e. The molecule has 2 aromatic carbocycles. The Bertz CT molecular complexity index is 1240. The van der Waals surface area contributed by atoms with Gasteiger partial charge in [-0.15, -0.1) is 0 Å². The molecule has 0 bridgehead atoms. The maximum absolute atomic E-state index is 13.1. The molecule has 3 aromatic rings. The van der Waals surface area contributed by atoms with E-state index in [0.29, 0.717) is 30.3 Å². The highest BCUT2D eigenvalue weighted by atomic mass is 35.5. The number of carbonyl (C=O) groups is 2. The Morgan fingerprint density at radius 2 is 2.00 bits per heavy atom. The standard InChI is InChI=1S/C23H22ClF3N4O3/c24-18-6-4-13(11-17(18)23(25,26)27)30-22(34)29-12-5-7-19-16(10-12)14-2-1-3-15(20(14)31-19)21(33)28-8-9-32/h1-4,6,11-12,31-32H,5,7-10H2,(H,28,33)(H2,29,30,34). The molecular formula is C23H22ClF3N4O3. The van der Waals surface area contributed by atoms with E-state index in [9.17, 15) is 22.8 Å². The molecule has 4 rings (SSSR count). The molecular weight excluding hydrogens is 473 g/mol. The Balaban J connectivity index is 1.47. The number of amides is 3. The second-order valence-corrected chi connectivity index (χ2v) is 8.43. The molecule has 0 spiro atoms. The molecule has 180 valence electrons. The Morgan fingerprint density at radius 3 is 2.74 bits per heavy atom. The SMILES string of the molecule is O=C(Nc1ccc(Cl)c(C(F)(F)F)c1)NC1CCc2[nH]c3c(C(=O)NCCO)cccc3c2C1. The number of halogens is 4. The first kappa shape index (κ1) is 23.9. The number of alkyl halides is 3. The summed E-state index contributed by atoms with van der Waals surface area (Å²) in [6.45, 7) is -0.0132. The number of aromatic amines is 1. The van der Waals surface area contributed by atoms with Gasteiger partial charge in [-0.1, -0.05) is 23.7 Å². The van der Waals surface area contributed by atoms with Gasteiger partial charge in [-0.05, 0) is 49.1 Å². The lowest BCUT2D eigenvalue weighted by molar-refractivity contribution is -0.137. The summed E-state index contributed by atoms with van der Waals surface area (Å²) in [6, 6.07) is 7.69. The predicted octanol–water partition coefficient (Wildman–Crippen LogP) is 4.24. The topological polar surface area (TPSA) is 106 Å². The van der Waals surface area contributed by atoms with Gasteiger partial charge in [0, 0.05) is 29.4 Å². The van der Waals surface area contributed by atoms with Crippen LogP contribution in [0.1, 0.15) is 33.6 Å². The number of fused-ring (bicyclic) bond motifs is 3. The largest absolute Gasteiger partial charge is 0.417 e. The first-order valence-electron chi connectivity index (χ1n) is 10.6. The molecule has 0 fully saturated rings. The molecule has 0 saturated heterocycles. The normalized spacial score (nSPS) is 15.6. The highest BCUT2D eigenvalue weighted by Crippen LogP contribution is 2.36. The highest BCUT2D eigenvalue weighted by Gasteiger charge is 2.33. The van der Waals surface area contributed by atoms with Gasteiger partial charge in [-0.2, -0.15) is 13.2 Å². The quantitative estimate of drug-likeness (QED) is 0.366. The summed E-state index contributed by atoms with van der Waals surface area (Å²) in [4.78, 5) is 28.2. The summed E-state index contributed by atoms with van der Waals surface area (Å²) in [5.41, 5.74) is 2.07. The van der Waals surface area contributed by atoms with Crippen molar-refractivity contribution in [3.8, 4) is 0 Å². The summed E-state index contributed by atoms with van der Waals surface area (Å²) >= 11 is 5.63. The van der Waals surface area contributed by atoms with Gasteiger partial charge in [0.2, 0.25) is 0 Å². The van der Waals surface area contributed by atoms with Crippen molar-refractivity contribution in [1.82, 2.24) is 15.6 Å². The number of hydrogen-bond donors (Lipinski definition) is 5. The van der Waals surface area contributed by atoms with Crippen molar-refractivity contribution in [3.05, 3.63) is 63.8 Å². The van der Waals surface area contributed by atoms with E-state index in [1.165, 1.54) is 6.07 Å². The van der Waals surface area contributed by atoms with Crippen molar-refractivity contribution in [3.63, 3.8) is 0 Å².